The van der Waals surface area contributed by atoms with Crippen molar-refractivity contribution in [3.63, 3.8) is 0 Å². The number of carbonyl (C=O) groups is 2. The van der Waals surface area contributed by atoms with Gasteiger partial charge in [-0.15, -0.1) is 12.4 Å². The molecule has 0 saturated carbocycles. The molecule has 0 aliphatic carbocycles. The SMILES string of the molecule is CSCCCN(CCCc1ccccc1)[C@H](C)C(=O)NC(=O)[C@@H](N)Cc1ccc(O)cc1.Cl. The maximum absolute atomic E-state index is 12.8. The molecular weight excluding hydrogens is 458 g/mol. The van der Waals surface area contributed by atoms with Crippen LogP contribution in [-0.2, 0) is 22.4 Å². The van der Waals surface area contributed by atoms with Crippen molar-refractivity contribution >= 4 is 36.0 Å². The second kappa shape index (κ2) is 15.7. The summed E-state index contributed by atoms with van der Waals surface area (Å²) in [5.41, 5.74) is 8.12. The van der Waals surface area contributed by atoms with Gasteiger partial charge < -0.3 is 10.8 Å². The van der Waals surface area contributed by atoms with Crippen molar-refractivity contribution in [2.75, 3.05) is 25.1 Å². The molecule has 0 saturated heterocycles. The first kappa shape index (κ1) is 29.0. The van der Waals surface area contributed by atoms with Gasteiger partial charge in [0.05, 0.1) is 12.1 Å². The van der Waals surface area contributed by atoms with Gasteiger partial charge in [-0.25, -0.2) is 0 Å². The predicted octanol–water partition coefficient (Wildman–Crippen LogP) is 3.40. The number of hydrogen-bond donors (Lipinski definition) is 3. The highest BCUT2D eigenvalue weighted by Crippen LogP contribution is 2.12. The number of rotatable bonds is 13. The number of nitrogens with one attached hydrogen (secondary N) is 1. The maximum atomic E-state index is 12.8. The molecule has 2 aromatic carbocycles. The number of thioether (sulfide) groups is 1. The Labute approximate surface area is 207 Å². The van der Waals surface area contributed by atoms with Crippen LogP contribution in [0.5, 0.6) is 5.75 Å². The summed E-state index contributed by atoms with van der Waals surface area (Å²) in [7, 11) is 0. The minimum Gasteiger partial charge on any atom is -0.508 e. The van der Waals surface area contributed by atoms with E-state index in [1.807, 2.05) is 25.1 Å². The molecule has 0 fully saturated rings. The number of nitrogens with two attached hydrogens (primary N) is 1. The summed E-state index contributed by atoms with van der Waals surface area (Å²) in [5.74, 6) is 0.382. The van der Waals surface area contributed by atoms with E-state index >= 15 is 0 Å². The first-order valence-corrected chi connectivity index (χ1v) is 12.4. The monoisotopic (exact) mass is 493 g/mol. The fourth-order valence-corrected chi connectivity index (χ4v) is 3.92. The second-order valence-corrected chi connectivity index (χ2v) is 8.96. The predicted molar refractivity (Wildman–Crippen MR) is 139 cm³/mol. The zero-order chi connectivity index (χ0) is 23.3. The number of phenolic OH excluding ortho intramolecular Hbond substituents is 1. The average Bonchev–Trinajstić information content (AvgIpc) is 2.79. The van der Waals surface area contributed by atoms with Crippen molar-refractivity contribution < 1.29 is 14.7 Å². The van der Waals surface area contributed by atoms with Crippen LogP contribution in [0.4, 0.5) is 0 Å². The van der Waals surface area contributed by atoms with E-state index in [0.717, 1.165) is 43.7 Å². The summed E-state index contributed by atoms with van der Waals surface area (Å²) in [5, 5.41) is 11.9. The molecule has 2 aromatic rings. The van der Waals surface area contributed by atoms with Gasteiger partial charge in [0.2, 0.25) is 11.8 Å². The largest absolute Gasteiger partial charge is 0.508 e. The first-order valence-electron chi connectivity index (χ1n) is 11.1. The van der Waals surface area contributed by atoms with Crippen LogP contribution in [0.1, 0.15) is 30.9 Å². The number of hydrogen-bond acceptors (Lipinski definition) is 6. The van der Waals surface area contributed by atoms with Crippen LogP contribution in [0.2, 0.25) is 0 Å². The van der Waals surface area contributed by atoms with E-state index in [1.165, 1.54) is 5.56 Å². The van der Waals surface area contributed by atoms with Crippen LogP contribution in [0, 0.1) is 0 Å². The normalized spacial score (nSPS) is 12.6. The minimum absolute atomic E-state index is 0. The highest BCUT2D eigenvalue weighted by Gasteiger charge is 2.24. The molecule has 2 amide bonds. The molecule has 0 aliphatic heterocycles. The molecule has 0 spiro atoms. The maximum Gasteiger partial charge on any atom is 0.243 e. The Morgan fingerprint density at radius 1 is 1.00 bits per heavy atom. The standard InChI is InChI=1S/C25H35N3O3S.ClH/c1-19(24(30)27-25(31)23(26)18-21-11-13-22(29)14-12-21)28(16-7-17-32-2)15-6-10-20-8-4-3-5-9-20;/h3-5,8-9,11-14,19,23,29H,6-7,10,15-18,26H2,1-2H3,(H,27,30,31);1H/t19-,23+;/m1./s1. The van der Waals surface area contributed by atoms with E-state index < -0.39 is 18.0 Å². The van der Waals surface area contributed by atoms with E-state index in [1.54, 1.807) is 36.0 Å². The average molecular weight is 494 g/mol. The van der Waals surface area contributed by atoms with Crippen molar-refractivity contribution in [2.24, 2.45) is 5.73 Å². The summed E-state index contributed by atoms with van der Waals surface area (Å²) < 4.78 is 0. The van der Waals surface area contributed by atoms with Crippen LogP contribution in [0.15, 0.2) is 54.6 Å². The van der Waals surface area contributed by atoms with Gasteiger partial charge in [-0.3, -0.25) is 19.8 Å². The Hall–Kier alpha value is -2.06. The van der Waals surface area contributed by atoms with Gasteiger partial charge in [-0.05, 0) is 81.0 Å². The number of amides is 2. The lowest BCUT2D eigenvalue weighted by Crippen LogP contribution is -2.52. The Kier molecular flexibility index (Phi) is 13.8. The Morgan fingerprint density at radius 2 is 1.64 bits per heavy atom. The van der Waals surface area contributed by atoms with E-state index in [2.05, 4.69) is 28.6 Å². The molecule has 4 N–H and O–H groups in total. The lowest BCUT2D eigenvalue weighted by atomic mass is 10.1. The Bertz CT molecular complexity index is 837. The molecule has 0 bridgehead atoms. The fraction of sp³-hybridized carbons (Fsp3) is 0.440. The highest BCUT2D eigenvalue weighted by atomic mass is 35.5. The lowest BCUT2D eigenvalue weighted by Gasteiger charge is -2.28. The van der Waals surface area contributed by atoms with E-state index in [-0.39, 0.29) is 24.1 Å². The zero-order valence-corrected chi connectivity index (χ0v) is 21.0. The number of carbonyl (C=O) groups excluding carboxylic acids is 2. The molecule has 0 aromatic heterocycles. The molecule has 33 heavy (non-hydrogen) atoms. The highest BCUT2D eigenvalue weighted by molar-refractivity contribution is 7.98. The van der Waals surface area contributed by atoms with Gasteiger partial charge >= 0.3 is 0 Å². The molecule has 8 heteroatoms. The minimum atomic E-state index is -0.835. The van der Waals surface area contributed by atoms with E-state index in [9.17, 15) is 14.7 Å². The molecule has 2 atom stereocenters. The van der Waals surface area contributed by atoms with Crippen LogP contribution in [-0.4, -0.2) is 59.0 Å². The number of phenols is 1. The molecule has 0 radical (unpaired) electrons. The van der Waals surface area contributed by atoms with Crippen molar-refractivity contribution in [2.45, 2.75) is 44.7 Å². The van der Waals surface area contributed by atoms with Crippen molar-refractivity contribution in [1.29, 1.82) is 0 Å². The number of aryl methyl sites for hydroxylation is 1. The van der Waals surface area contributed by atoms with Crippen molar-refractivity contribution in [1.82, 2.24) is 10.2 Å². The number of nitrogens with zero attached hydrogens (tertiary/aromatic N) is 1. The van der Waals surface area contributed by atoms with Gasteiger partial charge in [0.15, 0.2) is 0 Å². The fourth-order valence-electron chi connectivity index (χ4n) is 3.51. The third-order valence-electron chi connectivity index (χ3n) is 5.45. The lowest BCUT2D eigenvalue weighted by molar-refractivity contribution is -0.134. The summed E-state index contributed by atoms with van der Waals surface area (Å²) in [6.07, 6.45) is 5.24. The number of imide groups is 1. The summed E-state index contributed by atoms with van der Waals surface area (Å²) in [6, 6.07) is 15.6. The molecule has 6 nitrogen and oxygen atoms in total. The zero-order valence-electron chi connectivity index (χ0n) is 19.4. The molecular formula is C25H36ClN3O3S. The Balaban J connectivity index is 0.00000544. The van der Waals surface area contributed by atoms with Crippen molar-refractivity contribution in [3.05, 3.63) is 65.7 Å². The summed E-state index contributed by atoms with van der Waals surface area (Å²) >= 11 is 1.79. The van der Waals surface area contributed by atoms with E-state index in [0.29, 0.717) is 6.42 Å². The molecule has 0 heterocycles. The first-order chi connectivity index (χ1) is 15.4. The molecule has 0 unspecified atom stereocenters. The van der Waals surface area contributed by atoms with Crippen molar-refractivity contribution in [3.8, 4) is 5.75 Å². The van der Waals surface area contributed by atoms with Crippen LogP contribution >= 0.6 is 24.2 Å². The number of aromatic hydroxyl groups is 1. The summed E-state index contributed by atoms with van der Waals surface area (Å²) in [6.45, 7) is 3.43. The van der Waals surface area contributed by atoms with Gasteiger partial charge in [0.1, 0.15) is 5.75 Å². The van der Waals surface area contributed by atoms with Gasteiger partial charge in [0.25, 0.3) is 0 Å². The third kappa shape index (κ3) is 10.6. The second-order valence-electron chi connectivity index (χ2n) is 7.98. The third-order valence-corrected chi connectivity index (χ3v) is 6.15. The smallest absolute Gasteiger partial charge is 0.243 e. The summed E-state index contributed by atoms with van der Waals surface area (Å²) in [4.78, 5) is 27.4. The molecule has 182 valence electrons. The quantitative estimate of drug-likeness (QED) is 0.370. The van der Waals surface area contributed by atoms with Crippen LogP contribution in [0.25, 0.3) is 0 Å². The van der Waals surface area contributed by atoms with Gasteiger partial charge in [-0.1, -0.05) is 42.5 Å². The number of halogens is 1. The molecule has 2 rings (SSSR count). The number of benzene rings is 2. The van der Waals surface area contributed by atoms with Gasteiger partial charge in [0, 0.05) is 0 Å². The van der Waals surface area contributed by atoms with Gasteiger partial charge in [-0.2, -0.15) is 11.8 Å². The van der Waals surface area contributed by atoms with Crippen LogP contribution < -0.4 is 11.1 Å². The van der Waals surface area contributed by atoms with Crippen LogP contribution in [0.3, 0.4) is 0 Å². The Morgan fingerprint density at radius 3 is 2.27 bits per heavy atom. The topological polar surface area (TPSA) is 95.7 Å². The van der Waals surface area contributed by atoms with E-state index in [4.69, 9.17) is 5.73 Å². The molecule has 0 aliphatic rings.